The number of hydrogen-bond acceptors (Lipinski definition) is 3. The first-order chi connectivity index (χ1) is 8.65. The molecule has 3 nitrogen and oxygen atoms in total. The number of halogens is 2. The van der Waals surface area contributed by atoms with Crippen LogP contribution in [0.2, 0.25) is 10.0 Å². The van der Waals surface area contributed by atoms with Gasteiger partial charge in [-0.25, -0.2) is 4.98 Å². The second-order valence-corrected chi connectivity index (χ2v) is 6.66. The zero-order valence-electron chi connectivity index (χ0n) is 9.87. The van der Waals surface area contributed by atoms with E-state index >= 15 is 0 Å². The van der Waals surface area contributed by atoms with Crippen LogP contribution < -0.4 is 11.1 Å². The Morgan fingerprint density at radius 3 is 2.50 bits per heavy atom. The number of hydrogen-bond donors (Lipinski definition) is 2. The molecule has 18 heavy (non-hydrogen) atoms. The van der Waals surface area contributed by atoms with Crippen molar-refractivity contribution in [2.45, 2.75) is 25.3 Å². The average molecular weight is 284 g/mol. The highest BCUT2D eigenvalue weighted by molar-refractivity contribution is 6.37. The molecule has 2 bridgehead atoms. The van der Waals surface area contributed by atoms with Gasteiger partial charge in [0.1, 0.15) is 11.6 Å². The number of rotatable bonds is 2. The summed E-state index contributed by atoms with van der Waals surface area (Å²) in [4.78, 5) is 4.25. The van der Waals surface area contributed by atoms with E-state index in [1.807, 2.05) is 0 Å². The van der Waals surface area contributed by atoms with Crippen molar-refractivity contribution in [3.8, 4) is 0 Å². The Bertz CT molecular complexity index is 503. The number of pyridine rings is 1. The molecule has 4 atom stereocenters. The molecule has 0 saturated heterocycles. The predicted molar refractivity (Wildman–Crippen MR) is 73.9 cm³/mol. The first-order valence-corrected chi connectivity index (χ1v) is 7.29. The van der Waals surface area contributed by atoms with Gasteiger partial charge in [-0.1, -0.05) is 23.2 Å². The lowest BCUT2D eigenvalue weighted by Crippen LogP contribution is -2.14. The van der Waals surface area contributed by atoms with E-state index in [1.54, 1.807) is 6.07 Å². The van der Waals surface area contributed by atoms with E-state index < -0.39 is 0 Å². The van der Waals surface area contributed by atoms with E-state index in [0.717, 1.165) is 23.7 Å². The highest BCUT2D eigenvalue weighted by Crippen LogP contribution is 2.66. The van der Waals surface area contributed by atoms with Crippen molar-refractivity contribution in [2.75, 3.05) is 11.1 Å². The Kier molecular flexibility index (Phi) is 2.28. The van der Waals surface area contributed by atoms with Gasteiger partial charge in [-0.2, -0.15) is 0 Å². The van der Waals surface area contributed by atoms with Crippen molar-refractivity contribution in [2.24, 2.45) is 23.7 Å². The van der Waals surface area contributed by atoms with Gasteiger partial charge in [-0.05, 0) is 49.0 Å². The summed E-state index contributed by atoms with van der Waals surface area (Å²) in [6.45, 7) is 0. The Morgan fingerprint density at radius 2 is 1.83 bits per heavy atom. The Labute approximate surface area is 116 Å². The molecule has 1 aromatic heterocycles. The lowest BCUT2D eigenvalue weighted by atomic mass is 10.0. The van der Waals surface area contributed by atoms with E-state index in [9.17, 15) is 0 Å². The first kappa shape index (κ1) is 11.2. The molecule has 5 heteroatoms. The van der Waals surface area contributed by atoms with Crippen LogP contribution in [0.5, 0.6) is 0 Å². The van der Waals surface area contributed by atoms with Crippen molar-refractivity contribution >= 4 is 34.8 Å². The minimum atomic E-state index is 0.345. The number of anilines is 2. The maximum Gasteiger partial charge on any atom is 0.147 e. The third kappa shape index (κ3) is 1.47. The highest BCUT2D eigenvalue weighted by Gasteiger charge is 2.65. The third-order valence-electron chi connectivity index (χ3n) is 5.00. The van der Waals surface area contributed by atoms with Crippen LogP contribution in [0, 0.1) is 23.7 Å². The van der Waals surface area contributed by atoms with Gasteiger partial charge >= 0.3 is 0 Å². The van der Waals surface area contributed by atoms with Gasteiger partial charge in [-0.3, -0.25) is 0 Å². The van der Waals surface area contributed by atoms with Crippen molar-refractivity contribution in [1.82, 2.24) is 4.98 Å². The summed E-state index contributed by atoms with van der Waals surface area (Å²) in [6.07, 6.45) is 4.26. The zero-order chi connectivity index (χ0) is 12.4. The average Bonchev–Trinajstić information content (AvgIpc) is 2.72. The number of aromatic nitrogens is 1. The van der Waals surface area contributed by atoms with Crippen LogP contribution in [-0.4, -0.2) is 11.0 Å². The standard InChI is InChI=1S/C13H15Cl2N3/c14-7-4-8(15)13(18-12(7)16)17-11-9-5-1-2-6(3-5)10(9)11/h4-6,9-11H,1-3H2,(H3,16,17,18). The van der Waals surface area contributed by atoms with Crippen LogP contribution >= 0.6 is 23.2 Å². The second kappa shape index (κ2) is 3.67. The van der Waals surface area contributed by atoms with E-state index in [2.05, 4.69) is 10.3 Å². The predicted octanol–water partition coefficient (Wildman–Crippen LogP) is 3.43. The SMILES string of the molecule is Nc1nc(NC2C3C4CCC(C4)C23)c(Cl)cc1Cl. The topological polar surface area (TPSA) is 50.9 Å². The van der Waals surface area contributed by atoms with Crippen LogP contribution in [0.15, 0.2) is 6.07 Å². The van der Waals surface area contributed by atoms with Crippen LogP contribution in [0.1, 0.15) is 19.3 Å². The molecule has 0 spiro atoms. The molecule has 3 saturated carbocycles. The number of nitrogens with one attached hydrogen (secondary N) is 1. The molecule has 4 unspecified atom stereocenters. The number of nitrogens with two attached hydrogens (primary N) is 1. The largest absolute Gasteiger partial charge is 0.382 e. The Balaban J connectivity index is 1.55. The van der Waals surface area contributed by atoms with E-state index in [0.29, 0.717) is 27.7 Å². The molecule has 0 aromatic carbocycles. The summed E-state index contributed by atoms with van der Waals surface area (Å²) in [5, 5.41) is 4.45. The fourth-order valence-electron chi connectivity index (χ4n) is 4.26. The Morgan fingerprint density at radius 1 is 1.17 bits per heavy atom. The third-order valence-corrected chi connectivity index (χ3v) is 5.59. The van der Waals surface area contributed by atoms with Gasteiger partial charge < -0.3 is 11.1 Å². The molecule has 0 radical (unpaired) electrons. The first-order valence-electron chi connectivity index (χ1n) is 6.53. The van der Waals surface area contributed by atoms with Crippen molar-refractivity contribution in [3.63, 3.8) is 0 Å². The molecule has 0 aliphatic heterocycles. The quantitative estimate of drug-likeness (QED) is 0.874. The molecule has 1 aromatic rings. The summed E-state index contributed by atoms with van der Waals surface area (Å²) in [7, 11) is 0. The summed E-state index contributed by atoms with van der Waals surface area (Å²) < 4.78 is 0. The molecule has 1 heterocycles. The summed E-state index contributed by atoms with van der Waals surface area (Å²) in [5.74, 6) is 4.59. The summed E-state index contributed by atoms with van der Waals surface area (Å²) >= 11 is 12.0. The molecule has 3 aliphatic rings. The number of nitrogens with zero attached hydrogens (tertiary/aromatic N) is 1. The monoisotopic (exact) mass is 283 g/mol. The molecule has 96 valence electrons. The van der Waals surface area contributed by atoms with Crippen LogP contribution in [0.3, 0.4) is 0 Å². The van der Waals surface area contributed by atoms with Crippen LogP contribution in [0.4, 0.5) is 11.6 Å². The van der Waals surface area contributed by atoms with E-state index in [4.69, 9.17) is 28.9 Å². The van der Waals surface area contributed by atoms with Crippen molar-refractivity contribution in [3.05, 3.63) is 16.1 Å². The minimum absolute atomic E-state index is 0.345. The molecule has 4 rings (SSSR count). The maximum absolute atomic E-state index is 6.15. The lowest BCUT2D eigenvalue weighted by molar-refractivity contribution is 0.456. The maximum atomic E-state index is 6.15. The molecule has 3 fully saturated rings. The Hall–Kier alpha value is -0.670. The van der Waals surface area contributed by atoms with Gasteiger partial charge in [-0.15, -0.1) is 0 Å². The van der Waals surface area contributed by atoms with Gasteiger partial charge in [0.25, 0.3) is 0 Å². The highest BCUT2D eigenvalue weighted by atomic mass is 35.5. The second-order valence-electron chi connectivity index (χ2n) is 5.84. The molecule has 3 N–H and O–H groups in total. The van der Waals surface area contributed by atoms with Crippen LogP contribution in [-0.2, 0) is 0 Å². The lowest BCUT2D eigenvalue weighted by Gasteiger charge is -2.13. The van der Waals surface area contributed by atoms with Crippen molar-refractivity contribution < 1.29 is 0 Å². The molecule has 3 aliphatic carbocycles. The van der Waals surface area contributed by atoms with Gasteiger partial charge in [0.15, 0.2) is 0 Å². The fourth-order valence-corrected chi connectivity index (χ4v) is 4.67. The van der Waals surface area contributed by atoms with Crippen molar-refractivity contribution in [1.29, 1.82) is 0 Å². The molecule has 0 amide bonds. The number of nitrogen functional groups attached to an aromatic ring is 1. The minimum Gasteiger partial charge on any atom is -0.382 e. The van der Waals surface area contributed by atoms with E-state index in [1.165, 1.54) is 19.3 Å². The van der Waals surface area contributed by atoms with Gasteiger partial charge in [0, 0.05) is 6.04 Å². The van der Waals surface area contributed by atoms with E-state index in [-0.39, 0.29) is 0 Å². The van der Waals surface area contributed by atoms with Crippen LogP contribution in [0.25, 0.3) is 0 Å². The summed E-state index contributed by atoms with van der Waals surface area (Å²) in [5.41, 5.74) is 5.73. The normalized spacial score (nSPS) is 39.8. The molecular formula is C13H15Cl2N3. The fraction of sp³-hybridized carbons (Fsp3) is 0.615. The van der Waals surface area contributed by atoms with Gasteiger partial charge in [0.2, 0.25) is 0 Å². The summed E-state index contributed by atoms with van der Waals surface area (Å²) in [6, 6.07) is 2.22. The van der Waals surface area contributed by atoms with Gasteiger partial charge in [0.05, 0.1) is 10.0 Å². The molecular weight excluding hydrogens is 269 g/mol. The zero-order valence-corrected chi connectivity index (χ0v) is 11.4. The number of fused-ring (bicyclic) bond motifs is 5. The smallest absolute Gasteiger partial charge is 0.147 e.